The predicted octanol–water partition coefficient (Wildman–Crippen LogP) is 2.58. The number of hydrogen-bond acceptors (Lipinski definition) is 3. The first kappa shape index (κ1) is 15.6. The summed E-state index contributed by atoms with van der Waals surface area (Å²) in [6, 6.07) is 7.67. The van der Waals surface area contributed by atoms with E-state index in [0.717, 1.165) is 16.6 Å². The molecule has 18 heavy (non-hydrogen) atoms. The minimum atomic E-state index is -0.746. The molecule has 4 heteroatoms. The van der Waals surface area contributed by atoms with E-state index in [4.69, 9.17) is 0 Å². The zero-order valence-electron chi connectivity index (χ0n) is 11.2. The molecule has 0 amide bonds. The number of aliphatic hydroxyl groups is 2. The Morgan fingerprint density at radius 3 is 2.44 bits per heavy atom. The molecule has 0 fully saturated rings. The molecule has 0 bridgehead atoms. The summed E-state index contributed by atoms with van der Waals surface area (Å²) in [6.45, 7) is 7.44. The molecule has 102 valence electrons. The van der Waals surface area contributed by atoms with Crippen LogP contribution in [0, 0.1) is 0 Å². The molecule has 0 unspecified atom stereocenters. The monoisotopic (exact) mass is 315 g/mol. The fourth-order valence-corrected chi connectivity index (χ4v) is 2.49. The van der Waals surface area contributed by atoms with Gasteiger partial charge >= 0.3 is 0 Å². The lowest BCUT2D eigenvalue weighted by Crippen LogP contribution is -2.40. The Morgan fingerprint density at radius 2 is 1.94 bits per heavy atom. The summed E-state index contributed by atoms with van der Waals surface area (Å²) in [6.07, 6.45) is -0.553. The summed E-state index contributed by atoms with van der Waals surface area (Å²) in [4.78, 5) is 2.05. The highest BCUT2D eigenvalue weighted by Gasteiger charge is 2.20. The minimum absolute atomic E-state index is 0.517. The van der Waals surface area contributed by atoms with Crippen molar-refractivity contribution in [1.82, 2.24) is 4.90 Å². The number of nitrogens with zero attached hydrogens (tertiary/aromatic N) is 1. The zero-order chi connectivity index (χ0) is 13.8. The van der Waals surface area contributed by atoms with Crippen LogP contribution in [0.1, 0.15) is 32.4 Å². The van der Waals surface area contributed by atoms with Gasteiger partial charge in [0.15, 0.2) is 0 Å². The molecule has 1 aromatic rings. The van der Waals surface area contributed by atoms with Crippen LogP contribution in [-0.4, -0.2) is 40.3 Å². The molecular formula is C14H22BrNO2. The smallest absolute Gasteiger partial charge is 0.0927 e. The third-order valence-electron chi connectivity index (χ3n) is 2.75. The van der Waals surface area contributed by atoms with Crippen molar-refractivity contribution in [2.45, 2.75) is 32.5 Å². The third-order valence-corrected chi connectivity index (χ3v) is 3.48. The maximum atomic E-state index is 10.2. The van der Waals surface area contributed by atoms with Crippen molar-refractivity contribution in [2.24, 2.45) is 0 Å². The maximum Gasteiger partial charge on any atom is 0.0927 e. The first-order valence-corrected chi connectivity index (χ1v) is 7.00. The SMILES string of the molecule is CCN(C[C@@H](O)c1ccccc1Br)CC(C)(C)O. The average Bonchev–Trinajstić information content (AvgIpc) is 2.26. The van der Waals surface area contributed by atoms with Gasteiger partial charge in [-0.05, 0) is 32.0 Å². The Hall–Kier alpha value is -0.420. The van der Waals surface area contributed by atoms with Crippen LogP contribution in [0.25, 0.3) is 0 Å². The van der Waals surface area contributed by atoms with Crippen LogP contribution in [0.5, 0.6) is 0 Å². The molecule has 2 N–H and O–H groups in total. The summed E-state index contributed by atoms with van der Waals surface area (Å²) in [5, 5.41) is 20.1. The lowest BCUT2D eigenvalue weighted by Gasteiger charge is -2.29. The zero-order valence-corrected chi connectivity index (χ0v) is 12.8. The molecule has 0 heterocycles. The molecule has 1 atom stereocenters. The fourth-order valence-electron chi connectivity index (χ4n) is 1.94. The summed E-state index contributed by atoms with van der Waals surface area (Å²) in [7, 11) is 0. The minimum Gasteiger partial charge on any atom is -0.389 e. The van der Waals surface area contributed by atoms with E-state index in [-0.39, 0.29) is 0 Å². The van der Waals surface area contributed by atoms with E-state index >= 15 is 0 Å². The van der Waals surface area contributed by atoms with Gasteiger partial charge in [0.05, 0.1) is 11.7 Å². The van der Waals surface area contributed by atoms with Crippen molar-refractivity contribution in [3.05, 3.63) is 34.3 Å². The normalized spacial score (nSPS) is 13.9. The van der Waals surface area contributed by atoms with Crippen molar-refractivity contribution in [1.29, 1.82) is 0 Å². The molecular weight excluding hydrogens is 294 g/mol. The Kier molecular flexibility index (Phi) is 5.79. The third kappa shape index (κ3) is 5.06. The number of likely N-dealkylation sites (N-methyl/N-ethyl adjacent to an activating group) is 1. The number of benzene rings is 1. The Balaban J connectivity index is 2.68. The Morgan fingerprint density at radius 1 is 1.33 bits per heavy atom. The lowest BCUT2D eigenvalue weighted by atomic mass is 10.1. The van der Waals surface area contributed by atoms with Gasteiger partial charge in [0.2, 0.25) is 0 Å². The lowest BCUT2D eigenvalue weighted by molar-refractivity contribution is 0.0202. The number of hydrogen-bond donors (Lipinski definition) is 2. The van der Waals surface area contributed by atoms with Crippen molar-refractivity contribution in [2.75, 3.05) is 19.6 Å². The molecule has 1 rings (SSSR count). The number of halogens is 1. The standard InChI is InChI=1S/C14H22BrNO2/c1-4-16(10-14(2,3)18)9-13(17)11-7-5-6-8-12(11)15/h5-8,13,17-18H,4,9-10H2,1-3H3/t13-/m1/s1. The molecule has 3 nitrogen and oxygen atoms in total. The highest BCUT2D eigenvalue weighted by atomic mass is 79.9. The largest absolute Gasteiger partial charge is 0.389 e. The molecule has 0 aliphatic rings. The topological polar surface area (TPSA) is 43.7 Å². The van der Waals surface area contributed by atoms with Gasteiger partial charge in [-0.2, -0.15) is 0 Å². The number of aliphatic hydroxyl groups excluding tert-OH is 1. The van der Waals surface area contributed by atoms with Crippen molar-refractivity contribution < 1.29 is 10.2 Å². The molecule has 0 spiro atoms. The number of rotatable bonds is 6. The Labute approximate surface area is 118 Å². The molecule has 0 aliphatic carbocycles. The molecule has 1 aromatic carbocycles. The van der Waals surface area contributed by atoms with Crippen LogP contribution in [-0.2, 0) is 0 Å². The van der Waals surface area contributed by atoms with E-state index in [9.17, 15) is 10.2 Å². The first-order chi connectivity index (χ1) is 8.33. The summed E-state index contributed by atoms with van der Waals surface area (Å²) < 4.78 is 0.914. The summed E-state index contributed by atoms with van der Waals surface area (Å²) >= 11 is 3.44. The molecule has 0 aromatic heterocycles. The average molecular weight is 316 g/mol. The van der Waals surface area contributed by atoms with Crippen LogP contribution in [0.4, 0.5) is 0 Å². The molecule has 0 aliphatic heterocycles. The van der Waals surface area contributed by atoms with Crippen LogP contribution >= 0.6 is 15.9 Å². The van der Waals surface area contributed by atoms with Crippen LogP contribution in [0.3, 0.4) is 0 Å². The van der Waals surface area contributed by atoms with E-state index < -0.39 is 11.7 Å². The molecule has 0 radical (unpaired) electrons. The van der Waals surface area contributed by atoms with E-state index in [1.54, 1.807) is 13.8 Å². The van der Waals surface area contributed by atoms with Crippen molar-refractivity contribution in [3.63, 3.8) is 0 Å². The predicted molar refractivity (Wildman–Crippen MR) is 77.5 cm³/mol. The van der Waals surface area contributed by atoms with Crippen molar-refractivity contribution in [3.8, 4) is 0 Å². The van der Waals surface area contributed by atoms with Gasteiger partial charge in [0.25, 0.3) is 0 Å². The highest BCUT2D eigenvalue weighted by Crippen LogP contribution is 2.24. The van der Waals surface area contributed by atoms with E-state index in [1.165, 1.54) is 0 Å². The summed E-state index contributed by atoms with van der Waals surface area (Å²) in [5.74, 6) is 0. The van der Waals surface area contributed by atoms with E-state index in [2.05, 4.69) is 15.9 Å². The van der Waals surface area contributed by atoms with Crippen molar-refractivity contribution >= 4 is 15.9 Å². The summed E-state index contributed by atoms with van der Waals surface area (Å²) in [5.41, 5.74) is 0.135. The second-order valence-electron chi connectivity index (χ2n) is 5.18. The van der Waals surface area contributed by atoms with Crippen LogP contribution in [0.2, 0.25) is 0 Å². The van der Waals surface area contributed by atoms with Crippen LogP contribution < -0.4 is 0 Å². The maximum absolute atomic E-state index is 10.2. The molecule has 0 saturated heterocycles. The van der Waals surface area contributed by atoms with Gasteiger partial charge in [-0.1, -0.05) is 41.1 Å². The van der Waals surface area contributed by atoms with Gasteiger partial charge in [-0.25, -0.2) is 0 Å². The molecule has 0 saturated carbocycles. The first-order valence-electron chi connectivity index (χ1n) is 6.20. The quantitative estimate of drug-likeness (QED) is 0.848. The van der Waals surface area contributed by atoms with E-state index in [0.29, 0.717) is 13.1 Å². The van der Waals surface area contributed by atoms with E-state index in [1.807, 2.05) is 36.1 Å². The van der Waals surface area contributed by atoms with Crippen LogP contribution in [0.15, 0.2) is 28.7 Å². The second kappa shape index (κ2) is 6.66. The fraction of sp³-hybridized carbons (Fsp3) is 0.571. The van der Waals surface area contributed by atoms with Gasteiger partial charge in [0, 0.05) is 17.6 Å². The van der Waals surface area contributed by atoms with Gasteiger partial charge in [-0.3, -0.25) is 4.90 Å². The Bertz CT molecular complexity index is 376. The second-order valence-corrected chi connectivity index (χ2v) is 6.03. The van der Waals surface area contributed by atoms with Gasteiger partial charge in [-0.15, -0.1) is 0 Å². The van der Waals surface area contributed by atoms with Gasteiger partial charge < -0.3 is 10.2 Å². The highest BCUT2D eigenvalue weighted by molar-refractivity contribution is 9.10. The van der Waals surface area contributed by atoms with Gasteiger partial charge in [0.1, 0.15) is 0 Å².